The summed E-state index contributed by atoms with van der Waals surface area (Å²) in [7, 11) is 0. The molecule has 1 heterocycles. The molecule has 1 fully saturated rings. The normalized spacial score (nSPS) is 20.7. The maximum Gasteiger partial charge on any atom is 0.306 e. The highest BCUT2D eigenvalue weighted by Crippen LogP contribution is 2.22. The van der Waals surface area contributed by atoms with E-state index in [0.29, 0.717) is 12.8 Å². The molecule has 0 radical (unpaired) electrons. The Morgan fingerprint density at radius 1 is 0.554 bits per heavy atom. The average Bonchev–Trinajstić information content (AvgIpc) is 3.19. The van der Waals surface area contributed by atoms with E-state index >= 15 is 0 Å². The molecule has 56 heavy (non-hydrogen) atoms. The van der Waals surface area contributed by atoms with Gasteiger partial charge in [-0.05, 0) is 44.9 Å². The van der Waals surface area contributed by atoms with Crippen LogP contribution in [-0.2, 0) is 28.5 Å². The highest BCUT2D eigenvalue weighted by atomic mass is 16.7. The van der Waals surface area contributed by atoms with Crippen LogP contribution < -0.4 is 0 Å². The van der Waals surface area contributed by atoms with Gasteiger partial charge in [0, 0.05) is 12.8 Å². The predicted molar refractivity (Wildman–Crippen MR) is 224 cm³/mol. The van der Waals surface area contributed by atoms with Crippen molar-refractivity contribution in [3.8, 4) is 0 Å². The van der Waals surface area contributed by atoms with Gasteiger partial charge in [-0.25, -0.2) is 0 Å². The molecule has 10 heteroatoms. The Balaban J connectivity index is 2.37. The number of rotatable bonds is 37. The van der Waals surface area contributed by atoms with Crippen LogP contribution in [0.3, 0.4) is 0 Å². The first kappa shape index (κ1) is 51.9. The van der Waals surface area contributed by atoms with Crippen LogP contribution in [-0.4, -0.2) is 89.0 Å². The Hall–Kier alpha value is -2.08. The quantitative estimate of drug-likeness (QED) is 0.0272. The monoisotopic (exact) mass is 795 g/mol. The van der Waals surface area contributed by atoms with Crippen LogP contribution in [0, 0.1) is 0 Å². The summed E-state index contributed by atoms with van der Waals surface area (Å²) in [6.07, 6.45) is 34.4. The molecule has 326 valence electrons. The number of unbranched alkanes of at least 4 members (excludes halogenated alkanes) is 20. The number of allylic oxidation sites excluding steroid dienone is 6. The molecule has 6 atom stereocenters. The molecule has 0 amide bonds. The molecule has 0 spiro atoms. The standard InChI is InChI=1S/C46H82O10/c1-3-5-7-9-11-13-15-17-19-20-21-23-24-26-28-30-32-34-41(48)53-37-39(38-54-46-45(52)44(51)43(50)40(36-47)56-46)55-42(49)35-33-31-29-27-25-22-18-16-14-12-10-8-6-4-2/h17,19,21,23,26,28,39-40,43-47,50-52H,3-16,18,20,22,24-25,27,29-38H2,1-2H3/b19-17+,23-21+,28-26+/t39-,40-,43+,44?,45?,46-/m0/s1. The highest BCUT2D eigenvalue weighted by Gasteiger charge is 2.44. The highest BCUT2D eigenvalue weighted by molar-refractivity contribution is 5.70. The second kappa shape index (κ2) is 37.2. The lowest BCUT2D eigenvalue weighted by Crippen LogP contribution is -2.59. The number of hydrogen-bond acceptors (Lipinski definition) is 10. The fraction of sp³-hybridized carbons (Fsp3) is 0.826. The number of aliphatic hydroxyl groups excluding tert-OH is 4. The van der Waals surface area contributed by atoms with Gasteiger partial charge in [-0.15, -0.1) is 0 Å². The van der Waals surface area contributed by atoms with Crippen LogP contribution in [0.25, 0.3) is 0 Å². The van der Waals surface area contributed by atoms with Crippen LogP contribution in [0.1, 0.15) is 187 Å². The van der Waals surface area contributed by atoms with E-state index in [1.54, 1.807) is 0 Å². The van der Waals surface area contributed by atoms with E-state index in [0.717, 1.165) is 44.9 Å². The summed E-state index contributed by atoms with van der Waals surface area (Å²) >= 11 is 0. The Bertz CT molecular complexity index is 1010. The Morgan fingerprint density at radius 2 is 1.02 bits per heavy atom. The SMILES string of the molecule is CCCCCCCC/C=C/C/C=C/C/C=C/CCCC(=O)OC[C@@H](CO[C@H]1O[C@@H](CO)[C@@H](O)C(O)C1O)OC(=O)CCCCCCCCCCCCCCCC. The first-order valence-corrected chi connectivity index (χ1v) is 22.6. The van der Waals surface area contributed by atoms with Crippen LogP contribution in [0.4, 0.5) is 0 Å². The van der Waals surface area contributed by atoms with Gasteiger partial charge in [0.05, 0.1) is 13.2 Å². The van der Waals surface area contributed by atoms with Gasteiger partial charge in [-0.2, -0.15) is 0 Å². The van der Waals surface area contributed by atoms with Crippen LogP contribution in [0.5, 0.6) is 0 Å². The minimum absolute atomic E-state index is 0.205. The lowest BCUT2D eigenvalue weighted by molar-refractivity contribution is -0.305. The largest absolute Gasteiger partial charge is 0.462 e. The average molecular weight is 795 g/mol. The zero-order valence-electron chi connectivity index (χ0n) is 35.4. The molecule has 1 saturated heterocycles. The zero-order chi connectivity index (χ0) is 40.9. The summed E-state index contributed by atoms with van der Waals surface area (Å²) in [6.45, 7) is 3.37. The fourth-order valence-corrected chi connectivity index (χ4v) is 6.67. The smallest absolute Gasteiger partial charge is 0.306 e. The first-order chi connectivity index (χ1) is 27.3. The van der Waals surface area contributed by atoms with Crippen molar-refractivity contribution in [3.05, 3.63) is 36.5 Å². The summed E-state index contributed by atoms with van der Waals surface area (Å²) < 4.78 is 22.1. The number of esters is 2. The summed E-state index contributed by atoms with van der Waals surface area (Å²) in [6, 6.07) is 0. The predicted octanol–water partition coefficient (Wildman–Crippen LogP) is 9.50. The van der Waals surface area contributed by atoms with Gasteiger partial charge in [-0.3, -0.25) is 9.59 Å². The molecule has 10 nitrogen and oxygen atoms in total. The van der Waals surface area contributed by atoms with Crippen molar-refractivity contribution < 1.29 is 49.0 Å². The molecular formula is C46H82O10. The van der Waals surface area contributed by atoms with Crippen molar-refractivity contribution in [1.29, 1.82) is 0 Å². The number of carbonyl (C=O) groups excluding carboxylic acids is 2. The summed E-state index contributed by atoms with van der Waals surface area (Å²) in [5, 5.41) is 40.0. The molecule has 0 saturated carbocycles. The third-order valence-electron chi connectivity index (χ3n) is 10.3. The summed E-state index contributed by atoms with van der Waals surface area (Å²) in [4.78, 5) is 25.3. The Kier molecular flexibility index (Phi) is 34.5. The molecule has 0 bridgehead atoms. The van der Waals surface area contributed by atoms with E-state index in [4.69, 9.17) is 18.9 Å². The molecule has 1 rings (SSSR count). The van der Waals surface area contributed by atoms with Gasteiger partial charge in [-0.1, -0.05) is 166 Å². The first-order valence-electron chi connectivity index (χ1n) is 22.6. The van der Waals surface area contributed by atoms with E-state index in [9.17, 15) is 30.0 Å². The van der Waals surface area contributed by atoms with E-state index in [1.807, 2.05) is 0 Å². The topological polar surface area (TPSA) is 152 Å². The molecule has 0 aromatic heterocycles. The van der Waals surface area contributed by atoms with E-state index < -0.39 is 55.4 Å². The van der Waals surface area contributed by atoms with E-state index in [1.165, 1.54) is 103 Å². The third kappa shape index (κ3) is 28.3. The minimum Gasteiger partial charge on any atom is -0.462 e. The van der Waals surface area contributed by atoms with Crippen molar-refractivity contribution >= 4 is 11.9 Å². The number of carbonyl (C=O) groups is 2. The van der Waals surface area contributed by atoms with E-state index in [-0.39, 0.29) is 26.1 Å². The summed E-state index contributed by atoms with van der Waals surface area (Å²) in [5.74, 6) is -0.863. The molecule has 1 aliphatic rings. The second-order valence-corrected chi connectivity index (χ2v) is 15.5. The van der Waals surface area contributed by atoms with Gasteiger partial charge in [0.2, 0.25) is 0 Å². The Morgan fingerprint density at radius 3 is 1.55 bits per heavy atom. The van der Waals surface area contributed by atoms with Gasteiger partial charge < -0.3 is 39.4 Å². The fourth-order valence-electron chi connectivity index (χ4n) is 6.67. The van der Waals surface area contributed by atoms with Gasteiger partial charge in [0.25, 0.3) is 0 Å². The van der Waals surface area contributed by atoms with Crippen LogP contribution in [0.2, 0.25) is 0 Å². The molecule has 4 N–H and O–H groups in total. The second-order valence-electron chi connectivity index (χ2n) is 15.5. The Labute approximate surface area is 340 Å². The van der Waals surface area contributed by atoms with Gasteiger partial charge >= 0.3 is 11.9 Å². The maximum absolute atomic E-state index is 12.8. The minimum atomic E-state index is -1.60. The van der Waals surface area contributed by atoms with Crippen molar-refractivity contribution in [1.82, 2.24) is 0 Å². The molecular weight excluding hydrogens is 712 g/mol. The van der Waals surface area contributed by atoms with E-state index in [2.05, 4.69) is 50.3 Å². The lowest BCUT2D eigenvalue weighted by Gasteiger charge is -2.39. The van der Waals surface area contributed by atoms with Crippen LogP contribution in [0.15, 0.2) is 36.5 Å². The van der Waals surface area contributed by atoms with Crippen molar-refractivity contribution in [2.45, 2.75) is 224 Å². The number of ether oxygens (including phenoxy) is 4. The molecule has 2 unspecified atom stereocenters. The van der Waals surface area contributed by atoms with Crippen LogP contribution >= 0.6 is 0 Å². The lowest BCUT2D eigenvalue weighted by atomic mass is 9.99. The molecule has 0 aromatic carbocycles. The van der Waals surface area contributed by atoms with Gasteiger partial charge in [0.1, 0.15) is 31.0 Å². The maximum atomic E-state index is 12.8. The van der Waals surface area contributed by atoms with Crippen molar-refractivity contribution in [3.63, 3.8) is 0 Å². The summed E-state index contributed by atoms with van der Waals surface area (Å²) in [5.41, 5.74) is 0. The molecule has 0 aliphatic carbocycles. The molecule has 0 aromatic rings. The number of hydrogen-bond donors (Lipinski definition) is 4. The third-order valence-corrected chi connectivity index (χ3v) is 10.3. The molecule has 1 aliphatic heterocycles. The van der Waals surface area contributed by atoms with Crippen molar-refractivity contribution in [2.24, 2.45) is 0 Å². The van der Waals surface area contributed by atoms with Gasteiger partial charge in [0.15, 0.2) is 12.4 Å². The zero-order valence-corrected chi connectivity index (χ0v) is 35.4. The number of aliphatic hydroxyl groups is 4. The van der Waals surface area contributed by atoms with Crippen molar-refractivity contribution in [2.75, 3.05) is 19.8 Å².